The fourth-order valence-corrected chi connectivity index (χ4v) is 1.18. The Morgan fingerprint density at radius 2 is 2.38 bits per heavy atom. The van der Waals surface area contributed by atoms with E-state index in [2.05, 4.69) is 10.1 Å². The standard InChI is InChI=1S/C7H5ClFN3O/c1-13-5-3-12-6(2-4(5)9)10-7(8)11-12/h2-3H,1H3. The van der Waals surface area contributed by atoms with E-state index in [0.717, 1.165) is 0 Å². The lowest BCUT2D eigenvalue weighted by Crippen LogP contribution is -1.93. The first kappa shape index (κ1) is 8.25. The summed E-state index contributed by atoms with van der Waals surface area (Å²) < 4.78 is 19.2. The molecular weight excluding hydrogens is 197 g/mol. The van der Waals surface area contributed by atoms with Gasteiger partial charge in [-0.1, -0.05) is 0 Å². The maximum absolute atomic E-state index is 13.1. The summed E-state index contributed by atoms with van der Waals surface area (Å²) in [5.74, 6) is -0.381. The average molecular weight is 202 g/mol. The van der Waals surface area contributed by atoms with Gasteiger partial charge in [-0.25, -0.2) is 8.91 Å². The number of methoxy groups -OCH3 is 1. The zero-order chi connectivity index (χ0) is 9.42. The Labute approximate surface area is 77.9 Å². The SMILES string of the molecule is COc1cn2nc(Cl)nc2cc1F. The summed E-state index contributed by atoms with van der Waals surface area (Å²) in [5, 5.41) is 3.86. The topological polar surface area (TPSA) is 39.4 Å². The molecule has 68 valence electrons. The van der Waals surface area contributed by atoms with Gasteiger partial charge in [0.25, 0.3) is 0 Å². The van der Waals surface area contributed by atoms with Crippen molar-refractivity contribution in [2.24, 2.45) is 0 Å². The van der Waals surface area contributed by atoms with Gasteiger partial charge in [-0.15, -0.1) is 5.10 Å². The van der Waals surface area contributed by atoms with Gasteiger partial charge < -0.3 is 4.74 Å². The Balaban J connectivity index is 2.72. The van der Waals surface area contributed by atoms with E-state index in [1.54, 1.807) is 0 Å². The molecule has 4 nitrogen and oxygen atoms in total. The molecule has 13 heavy (non-hydrogen) atoms. The number of pyridine rings is 1. The molecule has 0 fully saturated rings. The number of hydrogen-bond donors (Lipinski definition) is 0. The van der Waals surface area contributed by atoms with Crippen LogP contribution in [-0.4, -0.2) is 21.7 Å². The fourth-order valence-electron chi connectivity index (χ4n) is 1.01. The van der Waals surface area contributed by atoms with Crippen molar-refractivity contribution in [3.05, 3.63) is 23.4 Å². The molecule has 0 aromatic carbocycles. The summed E-state index contributed by atoms with van der Waals surface area (Å²) >= 11 is 5.52. The lowest BCUT2D eigenvalue weighted by molar-refractivity contribution is 0.383. The molecule has 2 rings (SSSR count). The molecule has 0 saturated carbocycles. The zero-order valence-electron chi connectivity index (χ0n) is 6.66. The van der Waals surface area contributed by atoms with Crippen LogP contribution in [0.15, 0.2) is 12.3 Å². The van der Waals surface area contributed by atoms with Crippen LogP contribution in [0, 0.1) is 5.82 Å². The summed E-state index contributed by atoms with van der Waals surface area (Å²) in [6, 6.07) is 1.21. The van der Waals surface area contributed by atoms with Gasteiger partial charge in [0.15, 0.2) is 17.2 Å². The van der Waals surface area contributed by atoms with Crippen LogP contribution in [0.3, 0.4) is 0 Å². The maximum atomic E-state index is 13.1. The molecule has 0 spiro atoms. The summed E-state index contributed by atoms with van der Waals surface area (Å²) in [7, 11) is 1.38. The van der Waals surface area contributed by atoms with Crippen molar-refractivity contribution in [3.63, 3.8) is 0 Å². The molecule has 2 aromatic rings. The smallest absolute Gasteiger partial charge is 0.243 e. The number of ether oxygens (including phenoxy) is 1. The van der Waals surface area contributed by atoms with Crippen molar-refractivity contribution in [1.82, 2.24) is 14.6 Å². The average Bonchev–Trinajstić information content (AvgIpc) is 2.42. The van der Waals surface area contributed by atoms with Crippen LogP contribution in [0.1, 0.15) is 0 Å². The van der Waals surface area contributed by atoms with Crippen LogP contribution in [0.25, 0.3) is 5.65 Å². The minimum absolute atomic E-state index is 0.0765. The van der Waals surface area contributed by atoms with Crippen molar-refractivity contribution in [1.29, 1.82) is 0 Å². The van der Waals surface area contributed by atoms with Crippen LogP contribution in [0.4, 0.5) is 4.39 Å². The lowest BCUT2D eigenvalue weighted by atomic mass is 10.4. The number of aromatic nitrogens is 3. The molecule has 0 bridgehead atoms. The quantitative estimate of drug-likeness (QED) is 0.703. The van der Waals surface area contributed by atoms with Crippen molar-refractivity contribution in [2.75, 3.05) is 7.11 Å². The van der Waals surface area contributed by atoms with Crippen LogP contribution in [-0.2, 0) is 0 Å². The third-order valence-electron chi connectivity index (χ3n) is 1.58. The first-order chi connectivity index (χ1) is 6.20. The Morgan fingerprint density at radius 1 is 1.62 bits per heavy atom. The van der Waals surface area contributed by atoms with Crippen molar-refractivity contribution >= 4 is 17.2 Å². The third-order valence-corrected chi connectivity index (χ3v) is 1.74. The van der Waals surface area contributed by atoms with E-state index >= 15 is 0 Å². The molecular formula is C7H5ClFN3O. The molecule has 0 aliphatic heterocycles. The van der Waals surface area contributed by atoms with E-state index in [-0.39, 0.29) is 11.0 Å². The van der Waals surface area contributed by atoms with E-state index in [1.807, 2.05) is 0 Å². The van der Waals surface area contributed by atoms with Crippen molar-refractivity contribution < 1.29 is 9.13 Å². The number of fused-ring (bicyclic) bond motifs is 1. The van der Waals surface area contributed by atoms with E-state index in [0.29, 0.717) is 5.65 Å². The van der Waals surface area contributed by atoms with Gasteiger partial charge in [-0.2, -0.15) is 4.98 Å². The molecule has 2 heterocycles. The lowest BCUT2D eigenvalue weighted by Gasteiger charge is -2.00. The highest BCUT2D eigenvalue weighted by Gasteiger charge is 2.07. The summed E-state index contributed by atoms with van der Waals surface area (Å²) in [6.07, 6.45) is 1.38. The summed E-state index contributed by atoms with van der Waals surface area (Å²) in [5.41, 5.74) is 0.350. The predicted molar refractivity (Wildman–Crippen MR) is 44.5 cm³/mol. The van der Waals surface area contributed by atoms with Gasteiger partial charge in [0.1, 0.15) is 0 Å². The van der Waals surface area contributed by atoms with E-state index in [9.17, 15) is 4.39 Å². The Bertz CT molecular complexity index is 456. The minimum atomic E-state index is -0.487. The summed E-state index contributed by atoms with van der Waals surface area (Å²) in [6.45, 7) is 0. The Kier molecular flexibility index (Phi) is 1.81. The van der Waals surface area contributed by atoms with Crippen molar-refractivity contribution in [2.45, 2.75) is 0 Å². The number of halogens is 2. The molecule has 0 atom stereocenters. The molecule has 0 radical (unpaired) electrons. The monoisotopic (exact) mass is 201 g/mol. The number of hydrogen-bond acceptors (Lipinski definition) is 3. The highest BCUT2D eigenvalue weighted by molar-refractivity contribution is 6.28. The van der Waals surface area contributed by atoms with E-state index in [4.69, 9.17) is 16.3 Å². The second kappa shape index (κ2) is 2.85. The number of nitrogens with zero attached hydrogens (tertiary/aromatic N) is 3. The maximum Gasteiger partial charge on any atom is 0.243 e. The molecule has 0 unspecified atom stereocenters. The number of rotatable bonds is 1. The Hall–Kier alpha value is -1.36. The largest absolute Gasteiger partial charge is 0.492 e. The van der Waals surface area contributed by atoms with Gasteiger partial charge >= 0.3 is 0 Å². The molecule has 6 heteroatoms. The second-order valence-electron chi connectivity index (χ2n) is 2.37. The summed E-state index contributed by atoms with van der Waals surface area (Å²) in [4.78, 5) is 3.77. The molecule has 0 amide bonds. The normalized spacial score (nSPS) is 10.7. The van der Waals surface area contributed by atoms with Gasteiger partial charge in [-0.3, -0.25) is 0 Å². The van der Waals surface area contributed by atoms with Crippen LogP contribution >= 0.6 is 11.6 Å². The Morgan fingerprint density at radius 3 is 3.08 bits per heavy atom. The van der Waals surface area contributed by atoms with Crippen LogP contribution in [0.5, 0.6) is 5.75 Å². The minimum Gasteiger partial charge on any atom is -0.492 e. The highest BCUT2D eigenvalue weighted by atomic mass is 35.5. The molecule has 2 aromatic heterocycles. The molecule has 0 N–H and O–H groups in total. The third kappa shape index (κ3) is 1.31. The first-order valence-corrected chi connectivity index (χ1v) is 3.84. The van der Waals surface area contributed by atoms with Gasteiger partial charge in [0, 0.05) is 6.07 Å². The molecule has 0 aliphatic carbocycles. The van der Waals surface area contributed by atoms with E-state index < -0.39 is 5.82 Å². The second-order valence-corrected chi connectivity index (χ2v) is 2.71. The predicted octanol–water partition coefficient (Wildman–Crippen LogP) is 1.53. The fraction of sp³-hybridized carbons (Fsp3) is 0.143. The van der Waals surface area contributed by atoms with Crippen LogP contribution in [0.2, 0.25) is 5.28 Å². The van der Waals surface area contributed by atoms with E-state index in [1.165, 1.54) is 23.9 Å². The molecule has 0 aliphatic rings. The zero-order valence-corrected chi connectivity index (χ0v) is 7.42. The van der Waals surface area contributed by atoms with Gasteiger partial charge in [0.2, 0.25) is 5.28 Å². The van der Waals surface area contributed by atoms with Crippen molar-refractivity contribution in [3.8, 4) is 5.75 Å². The first-order valence-electron chi connectivity index (χ1n) is 3.46. The van der Waals surface area contributed by atoms with Gasteiger partial charge in [-0.05, 0) is 11.6 Å². The van der Waals surface area contributed by atoms with Gasteiger partial charge in [0.05, 0.1) is 13.3 Å². The molecule has 0 saturated heterocycles. The van der Waals surface area contributed by atoms with Crippen LogP contribution < -0.4 is 4.74 Å². The highest BCUT2D eigenvalue weighted by Crippen LogP contribution is 2.18.